The second kappa shape index (κ2) is 11.8. The third kappa shape index (κ3) is 5.94. The fourth-order valence-corrected chi connectivity index (χ4v) is 4.32. The second-order valence-corrected chi connectivity index (χ2v) is 8.49. The normalized spacial score (nSPS) is 12.5. The summed E-state index contributed by atoms with van der Waals surface area (Å²) in [5.74, 6) is -1.17. The van der Waals surface area contributed by atoms with Crippen molar-refractivity contribution < 1.29 is 23.9 Å². The number of carbonyl (C=O) groups excluding carboxylic acids is 3. The van der Waals surface area contributed by atoms with E-state index in [0.717, 1.165) is 27.8 Å². The van der Waals surface area contributed by atoms with Gasteiger partial charge in [0.1, 0.15) is 24.2 Å². The van der Waals surface area contributed by atoms with Gasteiger partial charge in [-0.3, -0.25) is 4.79 Å². The number of carbonyl (C=O) groups is 3. The highest BCUT2D eigenvalue weighted by atomic mass is 16.6. The Hall–Kier alpha value is -4.51. The van der Waals surface area contributed by atoms with Gasteiger partial charge in [0, 0.05) is 12.3 Å². The van der Waals surface area contributed by atoms with Crippen molar-refractivity contribution in [1.82, 2.24) is 5.32 Å². The molecule has 0 aromatic heterocycles. The number of esters is 1. The monoisotopic (exact) mass is 484 g/mol. The van der Waals surface area contributed by atoms with Crippen molar-refractivity contribution >= 4 is 17.8 Å². The average molecular weight is 485 g/mol. The molecule has 1 amide bonds. The zero-order chi connectivity index (χ0) is 25.3. The number of amides is 1. The maximum Gasteiger partial charge on any atom is 0.407 e. The lowest BCUT2D eigenvalue weighted by Crippen LogP contribution is -2.42. The number of alkyl carbamates (subject to hydrolysis) is 1. The van der Waals surface area contributed by atoms with E-state index in [2.05, 4.69) is 10.3 Å². The molecule has 0 saturated carbocycles. The van der Waals surface area contributed by atoms with Crippen LogP contribution >= 0.6 is 0 Å². The van der Waals surface area contributed by atoms with Gasteiger partial charge < -0.3 is 14.8 Å². The van der Waals surface area contributed by atoms with E-state index in [1.54, 1.807) is 0 Å². The molecule has 4 rings (SSSR count). The van der Waals surface area contributed by atoms with Gasteiger partial charge in [-0.15, -0.1) is 0 Å². The van der Waals surface area contributed by atoms with E-state index in [4.69, 9.17) is 14.9 Å². The first-order valence-electron chi connectivity index (χ1n) is 11.7. The van der Waals surface area contributed by atoms with Crippen LogP contribution in [0.2, 0.25) is 0 Å². The Morgan fingerprint density at radius 2 is 1.47 bits per heavy atom. The van der Waals surface area contributed by atoms with Gasteiger partial charge in [0.2, 0.25) is 11.2 Å². The summed E-state index contributed by atoms with van der Waals surface area (Å²) in [6.07, 6.45) is -0.858. The van der Waals surface area contributed by atoms with E-state index in [1.165, 1.54) is 0 Å². The molecule has 182 valence electrons. The first kappa shape index (κ1) is 24.6. The summed E-state index contributed by atoms with van der Waals surface area (Å²) in [5.41, 5.74) is 5.16. The first-order chi connectivity index (χ1) is 17.6. The second-order valence-electron chi connectivity index (χ2n) is 8.49. The summed E-state index contributed by atoms with van der Waals surface area (Å²) >= 11 is 0. The van der Waals surface area contributed by atoms with Gasteiger partial charge in [0.05, 0.1) is 0 Å². The Balaban J connectivity index is 1.39. The SMILES string of the molecule is N#[N+]CC(=O)CC[C@H](NC(=O)OCC1c2ccccc2-c2ccccc21)C(=O)OCc1ccccc1. The van der Waals surface area contributed by atoms with Crippen molar-refractivity contribution in [3.05, 3.63) is 101 Å². The predicted octanol–water partition coefficient (Wildman–Crippen LogP) is 4.84. The maximum absolute atomic E-state index is 12.7. The highest BCUT2D eigenvalue weighted by Gasteiger charge is 2.30. The van der Waals surface area contributed by atoms with Gasteiger partial charge in [-0.25, -0.2) is 9.59 Å². The van der Waals surface area contributed by atoms with E-state index in [-0.39, 0.29) is 44.3 Å². The van der Waals surface area contributed by atoms with E-state index >= 15 is 0 Å². The fraction of sp³-hybridized carbons (Fsp3) is 0.250. The van der Waals surface area contributed by atoms with Gasteiger partial charge in [0.25, 0.3) is 0 Å². The molecule has 1 N–H and O–H groups in total. The van der Waals surface area contributed by atoms with Crippen molar-refractivity contribution in [3.8, 4) is 11.1 Å². The molecule has 8 heteroatoms. The summed E-state index contributed by atoms with van der Waals surface area (Å²) in [6, 6.07) is 24.0. The Morgan fingerprint density at radius 3 is 2.11 bits per heavy atom. The number of ether oxygens (including phenoxy) is 2. The maximum atomic E-state index is 12.7. The molecule has 1 aliphatic rings. The van der Waals surface area contributed by atoms with Gasteiger partial charge in [0.15, 0.2) is 0 Å². The molecular weight excluding hydrogens is 458 g/mol. The van der Waals surface area contributed by atoms with Crippen LogP contribution in [0.15, 0.2) is 78.9 Å². The van der Waals surface area contributed by atoms with Gasteiger partial charge in [-0.1, -0.05) is 78.9 Å². The summed E-state index contributed by atoms with van der Waals surface area (Å²) < 4.78 is 10.9. The molecule has 0 saturated heterocycles. The van der Waals surface area contributed by atoms with Crippen molar-refractivity contribution in [2.45, 2.75) is 31.4 Å². The predicted molar refractivity (Wildman–Crippen MR) is 132 cm³/mol. The number of diazo groups is 1. The Bertz CT molecular complexity index is 1240. The number of hydrogen-bond donors (Lipinski definition) is 1. The van der Waals surface area contributed by atoms with Crippen molar-refractivity contribution in [2.24, 2.45) is 0 Å². The van der Waals surface area contributed by atoms with Crippen LogP contribution < -0.4 is 5.32 Å². The molecule has 0 heterocycles. The lowest BCUT2D eigenvalue weighted by molar-refractivity contribution is -0.147. The highest BCUT2D eigenvalue weighted by Crippen LogP contribution is 2.44. The van der Waals surface area contributed by atoms with Crippen molar-refractivity contribution in [2.75, 3.05) is 13.2 Å². The number of nitrogens with zero attached hydrogens (tertiary/aromatic N) is 2. The number of rotatable bonds is 10. The largest absolute Gasteiger partial charge is 0.459 e. The first-order valence-corrected chi connectivity index (χ1v) is 11.7. The third-order valence-electron chi connectivity index (χ3n) is 6.10. The minimum absolute atomic E-state index is 0.00777. The van der Waals surface area contributed by atoms with Crippen molar-refractivity contribution in [1.29, 1.82) is 5.39 Å². The quantitative estimate of drug-likeness (QED) is 0.326. The lowest BCUT2D eigenvalue weighted by atomic mass is 9.98. The van der Waals surface area contributed by atoms with Crippen LogP contribution in [0.25, 0.3) is 16.1 Å². The summed E-state index contributed by atoms with van der Waals surface area (Å²) in [5, 5.41) is 11.1. The number of nitrogens with one attached hydrogen (secondary N) is 1. The Kier molecular flexibility index (Phi) is 8.04. The lowest BCUT2D eigenvalue weighted by Gasteiger charge is -2.19. The van der Waals surface area contributed by atoms with Gasteiger partial charge in [-0.05, 0) is 34.2 Å². The molecule has 3 aromatic rings. The van der Waals surface area contributed by atoms with Gasteiger partial charge >= 0.3 is 18.6 Å². The summed E-state index contributed by atoms with van der Waals surface area (Å²) in [6.45, 7) is -0.257. The van der Waals surface area contributed by atoms with E-state index in [9.17, 15) is 14.4 Å². The summed E-state index contributed by atoms with van der Waals surface area (Å²) in [7, 11) is 0. The molecule has 0 spiro atoms. The smallest absolute Gasteiger partial charge is 0.407 e. The molecule has 0 bridgehead atoms. The fourth-order valence-electron chi connectivity index (χ4n) is 4.32. The number of ketones is 1. The molecular formula is C28H26N3O5+. The molecule has 0 radical (unpaired) electrons. The van der Waals surface area contributed by atoms with Crippen LogP contribution in [-0.2, 0) is 25.7 Å². The van der Waals surface area contributed by atoms with Crippen LogP contribution in [0.4, 0.5) is 4.79 Å². The number of Topliss-reactive ketones (excluding diaryl/α,β-unsaturated/α-hetero) is 1. The molecule has 1 atom stereocenters. The average Bonchev–Trinajstić information content (AvgIpc) is 3.23. The van der Waals surface area contributed by atoms with E-state index in [0.29, 0.717) is 0 Å². The number of benzene rings is 3. The van der Waals surface area contributed by atoms with Gasteiger partial charge in [-0.2, -0.15) is 0 Å². The number of hydrogen-bond acceptors (Lipinski definition) is 6. The molecule has 36 heavy (non-hydrogen) atoms. The molecule has 0 unspecified atom stereocenters. The molecule has 0 fully saturated rings. The Morgan fingerprint density at radius 1 is 0.861 bits per heavy atom. The van der Waals surface area contributed by atoms with Crippen LogP contribution in [-0.4, -0.2) is 37.0 Å². The number of fused-ring (bicyclic) bond motifs is 3. The van der Waals surface area contributed by atoms with E-state index in [1.807, 2.05) is 78.9 Å². The minimum Gasteiger partial charge on any atom is -0.459 e. The zero-order valence-electron chi connectivity index (χ0n) is 19.6. The topological polar surface area (TPSA) is 110 Å². The Labute approximate surface area is 208 Å². The molecule has 1 aliphatic carbocycles. The van der Waals surface area contributed by atoms with Crippen LogP contribution in [0.5, 0.6) is 0 Å². The summed E-state index contributed by atoms with van der Waals surface area (Å²) in [4.78, 5) is 40.1. The van der Waals surface area contributed by atoms with Crippen molar-refractivity contribution in [3.63, 3.8) is 0 Å². The standard InChI is InChI=1S/C28H25N3O5/c29-30-16-20(32)14-15-26(27(33)35-17-19-8-2-1-3-9-19)31-28(34)36-18-25-23-12-6-4-10-21(23)22-11-5-7-13-24(22)25/h1-13,25-26H,14-18H2/p+1/t26-/m0/s1. The zero-order valence-corrected chi connectivity index (χ0v) is 19.6. The molecule has 8 nitrogen and oxygen atoms in total. The van der Waals surface area contributed by atoms with Crippen LogP contribution in [0.1, 0.15) is 35.4 Å². The van der Waals surface area contributed by atoms with E-state index < -0.39 is 18.1 Å². The van der Waals surface area contributed by atoms with Crippen LogP contribution in [0, 0.1) is 5.39 Å². The molecule has 0 aliphatic heterocycles. The van der Waals surface area contributed by atoms with Crippen LogP contribution in [0.3, 0.4) is 0 Å². The highest BCUT2D eigenvalue weighted by molar-refractivity contribution is 5.85. The molecule has 3 aromatic carbocycles. The minimum atomic E-state index is -1.09. The third-order valence-corrected chi connectivity index (χ3v) is 6.10.